The van der Waals surface area contributed by atoms with Gasteiger partial charge in [0.05, 0.1) is 16.6 Å². The van der Waals surface area contributed by atoms with Crippen molar-refractivity contribution in [3.05, 3.63) is 41.5 Å². The molecule has 2 heterocycles. The fourth-order valence-electron chi connectivity index (χ4n) is 2.01. The van der Waals surface area contributed by atoms with E-state index >= 15 is 0 Å². The van der Waals surface area contributed by atoms with E-state index < -0.39 is 34.9 Å². The van der Waals surface area contributed by atoms with Gasteiger partial charge in [-0.2, -0.15) is 18.3 Å². The number of benzene rings is 1. The Morgan fingerprint density at radius 3 is 2.61 bits per heavy atom. The summed E-state index contributed by atoms with van der Waals surface area (Å²) < 4.78 is 65.9. The van der Waals surface area contributed by atoms with E-state index in [0.29, 0.717) is 6.07 Å². The summed E-state index contributed by atoms with van der Waals surface area (Å²) in [6.07, 6.45) is -4.87. The van der Waals surface area contributed by atoms with Crippen LogP contribution in [0.3, 0.4) is 0 Å². The molecule has 0 aliphatic rings. The summed E-state index contributed by atoms with van der Waals surface area (Å²) in [5.74, 6) is -2.91. The Bertz CT molecular complexity index is 886. The summed E-state index contributed by atoms with van der Waals surface area (Å²) in [6.45, 7) is 0. The number of hydrogen-bond donors (Lipinski definition) is 3. The van der Waals surface area contributed by atoms with E-state index in [9.17, 15) is 22.0 Å². The van der Waals surface area contributed by atoms with Gasteiger partial charge in [-0.25, -0.2) is 13.8 Å². The first kappa shape index (κ1) is 15.0. The third-order valence-electron chi connectivity index (χ3n) is 3.09. The Kier molecular flexibility index (Phi) is 3.31. The average Bonchev–Trinajstić information content (AvgIpc) is 2.81. The lowest BCUT2D eigenvalue weighted by Gasteiger charge is -2.12. The second-order valence-corrected chi connectivity index (χ2v) is 4.61. The molecule has 0 aliphatic carbocycles. The number of H-pyrrole nitrogens is 1. The highest BCUT2D eigenvalue weighted by atomic mass is 19.4. The van der Waals surface area contributed by atoms with Gasteiger partial charge in [-0.15, -0.1) is 0 Å². The van der Waals surface area contributed by atoms with E-state index in [-0.39, 0.29) is 16.9 Å². The lowest BCUT2D eigenvalue weighted by Crippen LogP contribution is -2.10. The van der Waals surface area contributed by atoms with Crippen molar-refractivity contribution in [3.8, 4) is 0 Å². The van der Waals surface area contributed by atoms with Crippen LogP contribution in [0.5, 0.6) is 0 Å². The molecular formula is C13H8F5N5. The molecule has 0 unspecified atom stereocenters. The van der Waals surface area contributed by atoms with E-state index in [2.05, 4.69) is 20.5 Å². The lowest BCUT2D eigenvalue weighted by molar-refractivity contribution is -0.139. The fourth-order valence-corrected chi connectivity index (χ4v) is 2.01. The number of pyridine rings is 1. The summed E-state index contributed by atoms with van der Waals surface area (Å²) in [6, 6.07) is 3.62. The van der Waals surface area contributed by atoms with Crippen LogP contribution in [0.2, 0.25) is 0 Å². The zero-order chi connectivity index (χ0) is 16.8. The van der Waals surface area contributed by atoms with Crippen LogP contribution in [0.15, 0.2) is 24.3 Å². The number of nitrogens with zero attached hydrogens (tertiary/aromatic N) is 2. The molecule has 0 spiro atoms. The molecule has 3 aromatic rings. The number of alkyl halides is 3. The Morgan fingerprint density at radius 1 is 1.17 bits per heavy atom. The van der Waals surface area contributed by atoms with Gasteiger partial charge in [-0.05, 0) is 18.2 Å². The van der Waals surface area contributed by atoms with E-state index in [4.69, 9.17) is 5.73 Å². The smallest absolute Gasteiger partial charge is 0.382 e. The molecule has 4 N–H and O–H groups in total. The van der Waals surface area contributed by atoms with E-state index in [1.807, 2.05) is 0 Å². The van der Waals surface area contributed by atoms with Gasteiger partial charge in [0.2, 0.25) is 0 Å². The van der Waals surface area contributed by atoms with Crippen molar-refractivity contribution in [1.82, 2.24) is 15.2 Å². The standard InChI is InChI=1S/C13H8F5N5/c14-7-4-5-10(19)22-23-11(5)21-12(7)20-8-3-1-2-6(9(8)15)13(16,17)18/h1-4H,(H4,19,20,21,22,23). The molecule has 5 nitrogen and oxygen atoms in total. The normalized spacial score (nSPS) is 11.9. The molecule has 0 aliphatic heterocycles. The minimum Gasteiger partial charge on any atom is -0.382 e. The van der Waals surface area contributed by atoms with Gasteiger partial charge >= 0.3 is 6.18 Å². The average molecular weight is 329 g/mol. The second-order valence-electron chi connectivity index (χ2n) is 4.61. The Morgan fingerprint density at radius 2 is 1.91 bits per heavy atom. The molecule has 10 heteroatoms. The number of rotatable bonds is 2. The Balaban J connectivity index is 2.04. The minimum atomic E-state index is -4.87. The van der Waals surface area contributed by atoms with Crippen LogP contribution in [0, 0.1) is 11.6 Å². The number of aromatic amines is 1. The predicted molar refractivity (Wildman–Crippen MR) is 72.9 cm³/mol. The van der Waals surface area contributed by atoms with Gasteiger partial charge in [0.1, 0.15) is 0 Å². The quantitative estimate of drug-likeness (QED) is 0.628. The number of hydrogen-bond acceptors (Lipinski definition) is 4. The molecule has 0 saturated heterocycles. The zero-order valence-electron chi connectivity index (χ0n) is 11.2. The molecule has 0 amide bonds. The number of aromatic nitrogens is 3. The van der Waals surface area contributed by atoms with E-state index in [0.717, 1.165) is 18.2 Å². The highest BCUT2D eigenvalue weighted by Crippen LogP contribution is 2.35. The Hall–Kier alpha value is -2.91. The SMILES string of the molecule is Nc1n[nH]c2nc(Nc3cccc(C(F)(F)F)c3F)c(F)cc12. The van der Waals surface area contributed by atoms with Crippen LogP contribution in [0.25, 0.3) is 11.0 Å². The number of nitrogens with two attached hydrogens (primary N) is 1. The third kappa shape index (κ3) is 2.62. The first-order chi connectivity index (χ1) is 10.8. The lowest BCUT2D eigenvalue weighted by atomic mass is 10.1. The van der Waals surface area contributed by atoms with Crippen molar-refractivity contribution in [2.45, 2.75) is 6.18 Å². The molecule has 1 aromatic carbocycles. The largest absolute Gasteiger partial charge is 0.419 e. The van der Waals surface area contributed by atoms with Gasteiger partial charge in [0.15, 0.2) is 28.9 Å². The number of fused-ring (bicyclic) bond motifs is 1. The second kappa shape index (κ2) is 5.07. The summed E-state index contributed by atoms with van der Waals surface area (Å²) in [5.41, 5.74) is 3.57. The molecule has 0 radical (unpaired) electrons. The van der Waals surface area contributed by atoms with Crippen molar-refractivity contribution in [2.75, 3.05) is 11.1 Å². The first-order valence-corrected chi connectivity index (χ1v) is 6.20. The number of halogens is 5. The van der Waals surface area contributed by atoms with Crippen LogP contribution >= 0.6 is 0 Å². The maximum absolute atomic E-state index is 14.0. The topological polar surface area (TPSA) is 79.6 Å². The molecule has 0 atom stereocenters. The van der Waals surface area contributed by atoms with Gasteiger partial charge in [-0.3, -0.25) is 5.10 Å². The van der Waals surface area contributed by atoms with Crippen molar-refractivity contribution >= 4 is 28.4 Å². The summed E-state index contributed by atoms with van der Waals surface area (Å²) >= 11 is 0. The van der Waals surface area contributed by atoms with Crippen LogP contribution in [-0.4, -0.2) is 15.2 Å². The molecular weight excluding hydrogens is 321 g/mol. The number of nitrogen functional groups attached to an aromatic ring is 1. The van der Waals surface area contributed by atoms with Gasteiger partial charge in [0.25, 0.3) is 0 Å². The van der Waals surface area contributed by atoms with Crippen molar-refractivity contribution in [2.24, 2.45) is 0 Å². The third-order valence-corrected chi connectivity index (χ3v) is 3.09. The van der Waals surface area contributed by atoms with Crippen LogP contribution in [-0.2, 0) is 6.18 Å². The monoisotopic (exact) mass is 329 g/mol. The van der Waals surface area contributed by atoms with Crippen molar-refractivity contribution < 1.29 is 22.0 Å². The molecule has 0 fully saturated rings. The molecule has 23 heavy (non-hydrogen) atoms. The van der Waals surface area contributed by atoms with Crippen LogP contribution < -0.4 is 11.1 Å². The number of nitrogens with one attached hydrogen (secondary N) is 2. The molecule has 120 valence electrons. The Labute approximate surface area is 125 Å². The summed E-state index contributed by atoms with van der Waals surface area (Å²) in [5, 5.41) is 8.46. The fraction of sp³-hybridized carbons (Fsp3) is 0.0769. The maximum Gasteiger partial charge on any atom is 0.419 e. The molecule has 3 rings (SSSR count). The van der Waals surface area contributed by atoms with Crippen molar-refractivity contribution in [3.63, 3.8) is 0 Å². The molecule has 0 bridgehead atoms. The van der Waals surface area contributed by atoms with Gasteiger partial charge < -0.3 is 11.1 Å². The van der Waals surface area contributed by atoms with Gasteiger partial charge in [0, 0.05) is 0 Å². The first-order valence-electron chi connectivity index (χ1n) is 6.20. The zero-order valence-corrected chi connectivity index (χ0v) is 11.2. The minimum absolute atomic E-state index is 0.0169. The summed E-state index contributed by atoms with van der Waals surface area (Å²) in [7, 11) is 0. The van der Waals surface area contributed by atoms with E-state index in [1.54, 1.807) is 0 Å². The van der Waals surface area contributed by atoms with Crippen molar-refractivity contribution in [1.29, 1.82) is 0 Å². The van der Waals surface area contributed by atoms with Crippen LogP contribution in [0.1, 0.15) is 5.56 Å². The maximum atomic E-state index is 14.0. The van der Waals surface area contributed by atoms with E-state index in [1.165, 1.54) is 0 Å². The van der Waals surface area contributed by atoms with Gasteiger partial charge in [-0.1, -0.05) is 6.07 Å². The molecule has 0 saturated carbocycles. The predicted octanol–water partition coefficient (Wildman–Crippen LogP) is 3.58. The summed E-state index contributed by atoms with van der Waals surface area (Å²) in [4.78, 5) is 3.79. The molecule has 2 aromatic heterocycles. The highest BCUT2D eigenvalue weighted by Gasteiger charge is 2.35. The highest BCUT2D eigenvalue weighted by molar-refractivity contribution is 5.87. The number of anilines is 3. The van der Waals surface area contributed by atoms with Crippen LogP contribution in [0.4, 0.5) is 39.3 Å².